The molecule has 2 heterocycles. The van der Waals surface area contributed by atoms with Gasteiger partial charge in [-0.15, -0.1) is 0 Å². The molecular formula is C13H18N2O3S. The Morgan fingerprint density at radius 2 is 2.26 bits per heavy atom. The van der Waals surface area contributed by atoms with Crippen LogP contribution in [0.15, 0.2) is 23.1 Å². The quantitative estimate of drug-likeness (QED) is 0.854. The second-order valence-electron chi connectivity index (χ2n) is 5.20. The largest absolute Gasteiger partial charge is 0.396 e. The lowest BCUT2D eigenvalue weighted by molar-refractivity contribution is 0.233. The van der Waals surface area contributed by atoms with Gasteiger partial charge in [-0.1, -0.05) is 0 Å². The lowest BCUT2D eigenvalue weighted by atomic mass is 10.1. The van der Waals surface area contributed by atoms with Gasteiger partial charge in [-0.05, 0) is 42.5 Å². The van der Waals surface area contributed by atoms with E-state index >= 15 is 0 Å². The Morgan fingerprint density at radius 1 is 1.42 bits per heavy atom. The minimum absolute atomic E-state index is 0.0557. The highest BCUT2D eigenvalue weighted by Crippen LogP contribution is 2.29. The van der Waals surface area contributed by atoms with Crippen LogP contribution in [0, 0.1) is 5.92 Å². The number of benzene rings is 1. The molecular weight excluding hydrogens is 264 g/mol. The Bertz CT molecular complexity index is 586. The summed E-state index contributed by atoms with van der Waals surface area (Å²) in [5, 5.41) is 12.3. The van der Waals surface area contributed by atoms with E-state index in [1.165, 1.54) is 4.31 Å². The van der Waals surface area contributed by atoms with E-state index in [2.05, 4.69) is 5.32 Å². The zero-order valence-electron chi connectivity index (χ0n) is 10.7. The number of rotatable bonds is 3. The molecule has 1 aromatic rings. The van der Waals surface area contributed by atoms with Gasteiger partial charge in [0.05, 0.1) is 4.90 Å². The topological polar surface area (TPSA) is 69.6 Å². The number of sulfonamides is 1. The first-order chi connectivity index (χ1) is 9.11. The summed E-state index contributed by atoms with van der Waals surface area (Å²) in [5.41, 5.74) is 2.10. The van der Waals surface area contributed by atoms with Crippen LogP contribution in [0.2, 0.25) is 0 Å². The van der Waals surface area contributed by atoms with Crippen LogP contribution < -0.4 is 5.32 Å². The molecule has 0 amide bonds. The van der Waals surface area contributed by atoms with E-state index in [-0.39, 0.29) is 12.5 Å². The van der Waals surface area contributed by atoms with Gasteiger partial charge in [0.25, 0.3) is 0 Å². The Morgan fingerprint density at radius 3 is 3.00 bits per heavy atom. The van der Waals surface area contributed by atoms with Gasteiger partial charge >= 0.3 is 0 Å². The maximum Gasteiger partial charge on any atom is 0.243 e. The Hall–Kier alpha value is -1.11. The zero-order valence-corrected chi connectivity index (χ0v) is 11.5. The average Bonchev–Trinajstić information content (AvgIpc) is 3.06. The highest BCUT2D eigenvalue weighted by Gasteiger charge is 2.32. The highest BCUT2D eigenvalue weighted by molar-refractivity contribution is 7.89. The number of nitrogens with one attached hydrogen (secondary N) is 1. The van der Waals surface area contributed by atoms with Crippen molar-refractivity contribution in [3.05, 3.63) is 23.8 Å². The van der Waals surface area contributed by atoms with E-state index in [0.29, 0.717) is 18.0 Å². The van der Waals surface area contributed by atoms with Crippen LogP contribution in [-0.4, -0.2) is 44.1 Å². The molecule has 0 bridgehead atoms. The number of fused-ring (bicyclic) bond motifs is 1. The summed E-state index contributed by atoms with van der Waals surface area (Å²) in [6.07, 6.45) is 1.61. The molecule has 1 fully saturated rings. The SMILES string of the molecule is O=S(=O)(c1ccc2c(c1)CCN2)N1CCC(CO)C1. The van der Waals surface area contributed by atoms with Gasteiger partial charge in [-0.2, -0.15) is 4.31 Å². The Kier molecular flexibility index (Phi) is 3.24. The molecule has 6 heteroatoms. The zero-order chi connectivity index (χ0) is 13.5. The summed E-state index contributed by atoms with van der Waals surface area (Å²) < 4.78 is 26.5. The first-order valence-electron chi connectivity index (χ1n) is 6.59. The van der Waals surface area contributed by atoms with Crippen LogP contribution in [0.4, 0.5) is 5.69 Å². The summed E-state index contributed by atoms with van der Waals surface area (Å²) >= 11 is 0. The molecule has 1 atom stereocenters. The van der Waals surface area contributed by atoms with Gasteiger partial charge < -0.3 is 10.4 Å². The summed E-state index contributed by atoms with van der Waals surface area (Å²) in [4.78, 5) is 0.369. The molecule has 0 spiro atoms. The van der Waals surface area contributed by atoms with Crippen molar-refractivity contribution in [2.45, 2.75) is 17.7 Å². The molecule has 2 aliphatic rings. The predicted molar refractivity (Wildman–Crippen MR) is 72.6 cm³/mol. The molecule has 1 saturated heterocycles. The predicted octanol–water partition coefficient (Wildman–Crippen LogP) is 0.657. The monoisotopic (exact) mass is 282 g/mol. The van der Waals surface area contributed by atoms with Gasteiger partial charge in [0, 0.05) is 31.9 Å². The fourth-order valence-corrected chi connectivity index (χ4v) is 4.34. The number of aliphatic hydroxyl groups is 1. The van der Waals surface area contributed by atoms with Crippen LogP contribution in [-0.2, 0) is 16.4 Å². The highest BCUT2D eigenvalue weighted by atomic mass is 32.2. The fraction of sp³-hybridized carbons (Fsp3) is 0.538. The van der Waals surface area contributed by atoms with Crippen LogP contribution in [0.5, 0.6) is 0 Å². The fourth-order valence-electron chi connectivity index (χ4n) is 2.76. The summed E-state index contributed by atoms with van der Waals surface area (Å²) in [5.74, 6) is 0.0749. The molecule has 104 valence electrons. The van der Waals surface area contributed by atoms with Crippen LogP contribution in [0.3, 0.4) is 0 Å². The van der Waals surface area contributed by atoms with Gasteiger partial charge in [-0.25, -0.2) is 8.42 Å². The number of aliphatic hydroxyl groups excluding tert-OH is 1. The van der Waals surface area contributed by atoms with E-state index in [1.54, 1.807) is 12.1 Å². The van der Waals surface area contributed by atoms with E-state index in [1.807, 2.05) is 6.07 Å². The minimum Gasteiger partial charge on any atom is -0.396 e. The van der Waals surface area contributed by atoms with E-state index in [9.17, 15) is 8.42 Å². The van der Waals surface area contributed by atoms with Crippen molar-refractivity contribution in [3.63, 3.8) is 0 Å². The summed E-state index contributed by atoms with van der Waals surface area (Å²) in [7, 11) is -3.41. The first kappa shape index (κ1) is 12.9. The van der Waals surface area contributed by atoms with E-state index in [4.69, 9.17) is 5.11 Å². The molecule has 0 radical (unpaired) electrons. The van der Waals surface area contributed by atoms with Crippen molar-refractivity contribution in [1.82, 2.24) is 4.31 Å². The molecule has 2 N–H and O–H groups in total. The van der Waals surface area contributed by atoms with Crippen molar-refractivity contribution < 1.29 is 13.5 Å². The van der Waals surface area contributed by atoms with Gasteiger partial charge in [-0.3, -0.25) is 0 Å². The lowest BCUT2D eigenvalue weighted by Crippen LogP contribution is -2.29. The second-order valence-corrected chi connectivity index (χ2v) is 7.13. The van der Waals surface area contributed by atoms with Crippen molar-refractivity contribution >= 4 is 15.7 Å². The third-order valence-electron chi connectivity index (χ3n) is 3.93. The van der Waals surface area contributed by atoms with Gasteiger partial charge in [0.15, 0.2) is 0 Å². The van der Waals surface area contributed by atoms with Crippen LogP contribution in [0.25, 0.3) is 0 Å². The standard InChI is InChI=1S/C13H18N2O3S/c16-9-10-4-6-15(8-10)19(17,18)12-1-2-13-11(7-12)3-5-14-13/h1-2,7,10,14,16H,3-6,8-9H2. The van der Waals surface area contributed by atoms with Crippen molar-refractivity contribution in [1.29, 1.82) is 0 Å². The van der Waals surface area contributed by atoms with Gasteiger partial charge in [0.2, 0.25) is 10.0 Å². The molecule has 2 aliphatic heterocycles. The Labute approximate surface area is 113 Å². The van der Waals surface area contributed by atoms with Crippen molar-refractivity contribution in [2.24, 2.45) is 5.92 Å². The Balaban J connectivity index is 1.88. The number of hydrogen-bond donors (Lipinski definition) is 2. The molecule has 5 nitrogen and oxygen atoms in total. The van der Waals surface area contributed by atoms with E-state index in [0.717, 1.165) is 30.6 Å². The van der Waals surface area contributed by atoms with Gasteiger partial charge in [0.1, 0.15) is 0 Å². The average molecular weight is 282 g/mol. The van der Waals surface area contributed by atoms with Crippen molar-refractivity contribution in [2.75, 3.05) is 31.6 Å². The number of anilines is 1. The van der Waals surface area contributed by atoms with Crippen LogP contribution >= 0.6 is 0 Å². The maximum atomic E-state index is 12.5. The first-order valence-corrected chi connectivity index (χ1v) is 8.03. The second kappa shape index (κ2) is 4.77. The number of hydrogen-bond acceptors (Lipinski definition) is 4. The molecule has 0 saturated carbocycles. The molecule has 19 heavy (non-hydrogen) atoms. The minimum atomic E-state index is -3.41. The smallest absolute Gasteiger partial charge is 0.243 e. The lowest BCUT2D eigenvalue weighted by Gasteiger charge is -2.16. The van der Waals surface area contributed by atoms with Crippen molar-refractivity contribution in [3.8, 4) is 0 Å². The molecule has 1 aromatic carbocycles. The molecule has 0 aromatic heterocycles. The summed E-state index contributed by atoms with van der Waals surface area (Å²) in [6, 6.07) is 5.28. The third kappa shape index (κ3) is 2.24. The molecule has 3 rings (SSSR count). The molecule has 1 unspecified atom stereocenters. The van der Waals surface area contributed by atoms with Crippen LogP contribution in [0.1, 0.15) is 12.0 Å². The summed E-state index contributed by atoms with van der Waals surface area (Å²) in [6.45, 7) is 1.85. The molecule has 0 aliphatic carbocycles. The van der Waals surface area contributed by atoms with E-state index < -0.39 is 10.0 Å². The third-order valence-corrected chi connectivity index (χ3v) is 5.79. The normalized spacial score (nSPS) is 23.3. The maximum absolute atomic E-state index is 12.5. The number of nitrogens with zero attached hydrogens (tertiary/aromatic N) is 1.